The monoisotopic (exact) mass is 164 g/mol. The van der Waals surface area contributed by atoms with Gasteiger partial charge in [0.15, 0.2) is 0 Å². The largest absolute Gasteiger partial charge is 0.401 e. The lowest BCUT2D eigenvalue weighted by molar-refractivity contribution is 0.627. The summed E-state index contributed by atoms with van der Waals surface area (Å²) in [5.74, 6) is 0. The Hall–Kier alpha value is -0.970. The molecule has 0 radical (unpaired) electrons. The van der Waals surface area contributed by atoms with E-state index in [1.807, 2.05) is 0 Å². The predicted octanol–water partition coefficient (Wildman–Crippen LogP) is 2.47. The zero-order valence-electron chi connectivity index (χ0n) is 7.47. The van der Waals surface area contributed by atoms with Crippen molar-refractivity contribution in [2.24, 2.45) is 5.73 Å². The van der Waals surface area contributed by atoms with Crippen LogP contribution in [0.15, 0.2) is 11.3 Å². The lowest BCUT2D eigenvalue weighted by Gasteiger charge is -2.01. The molecule has 0 saturated carbocycles. The van der Waals surface area contributed by atoms with Gasteiger partial charge in [0.1, 0.15) is 0 Å². The molecular weight excluding hydrogens is 148 g/mol. The number of nitrogens with two attached hydrogens (primary N) is 1. The van der Waals surface area contributed by atoms with E-state index in [0.717, 1.165) is 37.0 Å². The molecule has 0 aromatic heterocycles. The van der Waals surface area contributed by atoms with Crippen LogP contribution in [0.25, 0.3) is 0 Å². The van der Waals surface area contributed by atoms with Crippen LogP contribution < -0.4 is 5.73 Å². The Bertz CT molecular complexity index is 210. The van der Waals surface area contributed by atoms with Crippen LogP contribution in [0, 0.1) is 11.3 Å². The Morgan fingerprint density at radius 3 is 2.25 bits per heavy atom. The van der Waals surface area contributed by atoms with Gasteiger partial charge in [-0.1, -0.05) is 19.3 Å². The van der Waals surface area contributed by atoms with Crippen LogP contribution in [0.5, 0.6) is 0 Å². The highest BCUT2D eigenvalue weighted by atomic mass is 14.6. The molecular formula is C10H16N2. The van der Waals surface area contributed by atoms with Crippen molar-refractivity contribution in [2.45, 2.75) is 44.9 Å². The minimum Gasteiger partial charge on any atom is -0.401 e. The van der Waals surface area contributed by atoms with Crippen LogP contribution in [-0.4, -0.2) is 0 Å². The van der Waals surface area contributed by atoms with Crippen molar-refractivity contribution < 1.29 is 0 Å². The number of nitriles is 1. The first-order chi connectivity index (χ1) is 5.84. The highest BCUT2D eigenvalue weighted by Gasteiger charge is 2.05. The second-order valence-electron chi connectivity index (χ2n) is 3.38. The van der Waals surface area contributed by atoms with Crippen molar-refractivity contribution in [3.8, 4) is 6.07 Å². The van der Waals surface area contributed by atoms with Crippen LogP contribution in [0.4, 0.5) is 0 Å². The molecule has 0 amide bonds. The van der Waals surface area contributed by atoms with Gasteiger partial charge in [0.2, 0.25) is 0 Å². The third-order valence-corrected chi connectivity index (χ3v) is 2.40. The molecule has 1 rings (SSSR count). The van der Waals surface area contributed by atoms with Gasteiger partial charge >= 0.3 is 0 Å². The molecule has 0 heterocycles. The van der Waals surface area contributed by atoms with Crippen LogP contribution in [0.1, 0.15) is 44.9 Å². The summed E-state index contributed by atoms with van der Waals surface area (Å²) in [6.07, 6.45) is 7.90. The molecule has 0 atom stereocenters. The van der Waals surface area contributed by atoms with Gasteiger partial charge in [-0.15, -0.1) is 0 Å². The molecule has 0 aromatic rings. The summed E-state index contributed by atoms with van der Waals surface area (Å²) in [6, 6.07) is 2.20. The van der Waals surface area contributed by atoms with Crippen LogP contribution in [0.2, 0.25) is 0 Å². The van der Waals surface area contributed by atoms with Gasteiger partial charge in [-0.2, -0.15) is 5.26 Å². The summed E-state index contributed by atoms with van der Waals surface area (Å²) in [6.45, 7) is 0. The van der Waals surface area contributed by atoms with Gasteiger partial charge in [0.05, 0.1) is 6.07 Å². The zero-order chi connectivity index (χ0) is 8.81. The van der Waals surface area contributed by atoms with Crippen molar-refractivity contribution >= 4 is 0 Å². The Morgan fingerprint density at radius 1 is 1.00 bits per heavy atom. The van der Waals surface area contributed by atoms with Gasteiger partial charge in [-0.05, 0) is 25.7 Å². The lowest BCUT2D eigenvalue weighted by atomic mass is 10.1. The van der Waals surface area contributed by atoms with E-state index in [1.54, 1.807) is 0 Å². The summed E-state index contributed by atoms with van der Waals surface area (Å²) in [5, 5.41) is 8.78. The van der Waals surface area contributed by atoms with E-state index in [0.29, 0.717) is 0 Å². The van der Waals surface area contributed by atoms with Gasteiger partial charge in [-0.3, -0.25) is 0 Å². The highest BCUT2D eigenvalue weighted by molar-refractivity contribution is 5.25. The van der Waals surface area contributed by atoms with E-state index in [1.165, 1.54) is 19.3 Å². The number of rotatable bonds is 0. The molecule has 12 heavy (non-hydrogen) atoms. The summed E-state index contributed by atoms with van der Waals surface area (Å²) >= 11 is 0. The molecule has 0 aromatic carbocycles. The first kappa shape index (κ1) is 9.12. The molecule has 2 N–H and O–H groups in total. The van der Waals surface area contributed by atoms with Crippen LogP contribution >= 0.6 is 0 Å². The molecule has 0 saturated heterocycles. The summed E-state index contributed by atoms with van der Waals surface area (Å²) < 4.78 is 0. The lowest BCUT2D eigenvalue weighted by Crippen LogP contribution is -2.01. The van der Waals surface area contributed by atoms with Gasteiger partial charge in [-0.25, -0.2) is 0 Å². The summed E-state index contributed by atoms with van der Waals surface area (Å²) in [7, 11) is 0. The van der Waals surface area contributed by atoms with E-state index < -0.39 is 0 Å². The third kappa shape index (κ3) is 2.58. The number of allylic oxidation sites excluding steroid dienone is 2. The van der Waals surface area contributed by atoms with Crippen molar-refractivity contribution in [3.63, 3.8) is 0 Å². The molecule has 2 heteroatoms. The second-order valence-corrected chi connectivity index (χ2v) is 3.38. The third-order valence-electron chi connectivity index (χ3n) is 2.40. The molecule has 66 valence electrons. The Kier molecular flexibility index (Phi) is 3.66. The molecule has 1 aliphatic carbocycles. The van der Waals surface area contributed by atoms with Crippen molar-refractivity contribution in [1.82, 2.24) is 0 Å². The normalized spacial score (nSPS) is 26.6. The van der Waals surface area contributed by atoms with E-state index in [9.17, 15) is 0 Å². The molecule has 0 aliphatic heterocycles. The maximum atomic E-state index is 8.78. The fourth-order valence-corrected chi connectivity index (χ4v) is 1.59. The van der Waals surface area contributed by atoms with Gasteiger partial charge in [0.25, 0.3) is 0 Å². The minimum atomic E-state index is 0.830. The van der Waals surface area contributed by atoms with Gasteiger partial charge < -0.3 is 5.73 Å². The van der Waals surface area contributed by atoms with E-state index in [4.69, 9.17) is 11.0 Å². The molecule has 0 bridgehead atoms. The van der Waals surface area contributed by atoms with E-state index >= 15 is 0 Å². The number of nitrogens with zero attached hydrogens (tertiary/aromatic N) is 1. The fraction of sp³-hybridized carbons (Fsp3) is 0.700. The molecule has 1 aliphatic rings. The maximum Gasteiger partial charge on any atom is 0.0965 e. The first-order valence-electron chi connectivity index (χ1n) is 4.72. The second kappa shape index (κ2) is 4.82. The molecule has 0 fully saturated rings. The average Bonchev–Trinajstić information content (AvgIpc) is 2.17. The Balaban J connectivity index is 2.61. The summed E-state index contributed by atoms with van der Waals surface area (Å²) in [5.41, 5.74) is 7.45. The van der Waals surface area contributed by atoms with Crippen LogP contribution in [0.3, 0.4) is 0 Å². The highest BCUT2D eigenvalue weighted by Crippen LogP contribution is 2.18. The number of hydrogen-bond donors (Lipinski definition) is 1. The van der Waals surface area contributed by atoms with E-state index in [-0.39, 0.29) is 0 Å². The topological polar surface area (TPSA) is 49.8 Å². The summed E-state index contributed by atoms with van der Waals surface area (Å²) in [4.78, 5) is 0. The zero-order valence-corrected chi connectivity index (χ0v) is 7.47. The maximum absolute atomic E-state index is 8.78. The SMILES string of the molecule is N#C/C1=C(\N)CCCCCCC1. The van der Waals surface area contributed by atoms with Crippen molar-refractivity contribution in [3.05, 3.63) is 11.3 Å². The van der Waals surface area contributed by atoms with Crippen molar-refractivity contribution in [2.75, 3.05) is 0 Å². The smallest absolute Gasteiger partial charge is 0.0965 e. The molecule has 0 unspecified atom stereocenters. The molecule has 2 nitrogen and oxygen atoms in total. The average molecular weight is 164 g/mol. The van der Waals surface area contributed by atoms with Gasteiger partial charge in [0, 0.05) is 11.3 Å². The quantitative estimate of drug-likeness (QED) is 0.598. The Labute approximate surface area is 74.1 Å². The van der Waals surface area contributed by atoms with E-state index in [2.05, 4.69) is 6.07 Å². The van der Waals surface area contributed by atoms with Crippen LogP contribution in [-0.2, 0) is 0 Å². The first-order valence-corrected chi connectivity index (χ1v) is 4.72. The Morgan fingerprint density at radius 2 is 1.58 bits per heavy atom. The minimum absolute atomic E-state index is 0.830. The standard InChI is InChI=1S/C10H16N2/c11-8-9-6-4-2-1-3-5-7-10(9)12/h1-7,12H2/b10-9-. The fourth-order valence-electron chi connectivity index (χ4n) is 1.59. The number of hydrogen-bond acceptors (Lipinski definition) is 2. The van der Waals surface area contributed by atoms with Crippen molar-refractivity contribution in [1.29, 1.82) is 5.26 Å². The predicted molar refractivity (Wildman–Crippen MR) is 49.1 cm³/mol. The molecule has 0 spiro atoms.